The first-order chi connectivity index (χ1) is 15.6. The van der Waals surface area contributed by atoms with Crippen LogP contribution in [-0.2, 0) is 6.42 Å². The van der Waals surface area contributed by atoms with Crippen LogP contribution in [0, 0.1) is 24.6 Å². The first-order valence-electron chi connectivity index (χ1n) is 11.0. The van der Waals surface area contributed by atoms with Crippen LogP contribution in [0.25, 0.3) is 11.1 Å². The second-order valence-electron chi connectivity index (χ2n) is 8.91. The van der Waals surface area contributed by atoms with Crippen molar-refractivity contribution in [3.8, 4) is 22.9 Å². The van der Waals surface area contributed by atoms with Crippen molar-refractivity contribution in [2.45, 2.75) is 25.8 Å². The molecule has 7 nitrogen and oxygen atoms in total. The van der Waals surface area contributed by atoms with E-state index < -0.39 is 0 Å². The number of halogens is 1. The Labute approximate surface area is 185 Å². The molecule has 0 amide bonds. The van der Waals surface area contributed by atoms with Crippen molar-refractivity contribution >= 4 is 11.5 Å². The molecular formula is C24H25FN6O. The quantitative estimate of drug-likeness (QED) is 0.499. The Morgan fingerprint density at radius 1 is 1.28 bits per heavy atom. The van der Waals surface area contributed by atoms with Crippen LogP contribution in [0.1, 0.15) is 23.4 Å². The fourth-order valence-corrected chi connectivity index (χ4v) is 5.52. The monoisotopic (exact) mass is 432 g/mol. The Kier molecular flexibility index (Phi) is 4.33. The predicted molar refractivity (Wildman–Crippen MR) is 121 cm³/mol. The van der Waals surface area contributed by atoms with E-state index in [-0.39, 0.29) is 11.8 Å². The number of aromatic nitrogens is 3. The van der Waals surface area contributed by atoms with Crippen LogP contribution >= 0.6 is 0 Å². The van der Waals surface area contributed by atoms with Crippen LogP contribution in [0.4, 0.5) is 15.9 Å². The lowest BCUT2D eigenvalue weighted by Crippen LogP contribution is -2.43. The molecule has 3 atom stereocenters. The second kappa shape index (κ2) is 7.13. The van der Waals surface area contributed by atoms with Gasteiger partial charge in [0.1, 0.15) is 17.4 Å². The van der Waals surface area contributed by atoms with Gasteiger partial charge < -0.3 is 20.7 Å². The highest BCUT2D eigenvalue weighted by atomic mass is 19.1. The summed E-state index contributed by atoms with van der Waals surface area (Å²) in [4.78, 5) is 16.2. The van der Waals surface area contributed by atoms with Gasteiger partial charge in [0.25, 0.3) is 0 Å². The molecule has 1 saturated carbocycles. The standard InChI is InChI=1S/C24H25FN6O/c1-12-3-4-15(10-28-12)32-24-29-20-8-16-17(6-14(25)7-19(16)27-2)22(20)23(30-24)31-11-13-5-21(31)18(13)9-26/h3-4,6-7,10,13,18,21,27H,5,8-9,11,26H2,1-2H3. The number of hydrogen-bond acceptors (Lipinski definition) is 7. The Hall–Kier alpha value is -3.26. The van der Waals surface area contributed by atoms with Gasteiger partial charge in [0.2, 0.25) is 0 Å². The molecule has 2 aliphatic carbocycles. The summed E-state index contributed by atoms with van der Waals surface area (Å²) in [5, 5.41) is 3.13. The lowest BCUT2D eigenvalue weighted by Gasteiger charge is -2.36. The maximum atomic E-state index is 14.5. The van der Waals surface area contributed by atoms with E-state index in [4.69, 9.17) is 20.4 Å². The van der Waals surface area contributed by atoms with Gasteiger partial charge in [-0.05, 0) is 67.1 Å². The fraction of sp³-hybridized carbons (Fsp3) is 0.375. The van der Waals surface area contributed by atoms with Crippen LogP contribution in [0.2, 0.25) is 0 Å². The molecule has 4 heterocycles. The summed E-state index contributed by atoms with van der Waals surface area (Å²) < 4.78 is 20.5. The van der Waals surface area contributed by atoms with Crippen LogP contribution in [-0.4, -0.2) is 41.1 Å². The zero-order valence-corrected chi connectivity index (χ0v) is 18.1. The van der Waals surface area contributed by atoms with Gasteiger partial charge in [0.05, 0.1) is 11.9 Å². The molecule has 3 N–H and O–H groups in total. The van der Waals surface area contributed by atoms with E-state index >= 15 is 0 Å². The fourth-order valence-electron chi connectivity index (χ4n) is 5.52. The third-order valence-corrected chi connectivity index (χ3v) is 7.16. The second-order valence-corrected chi connectivity index (χ2v) is 8.91. The van der Waals surface area contributed by atoms with Crippen LogP contribution in [0.15, 0.2) is 30.5 Å². The first kappa shape index (κ1) is 19.4. The Morgan fingerprint density at radius 2 is 2.16 bits per heavy atom. The summed E-state index contributed by atoms with van der Waals surface area (Å²) >= 11 is 0. The highest BCUT2D eigenvalue weighted by Crippen LogP contribution is 2.52. The number of pyridine rings is 1. The molecule has 1 aromatic carbocycles. The zero-order chi connectivity index (χ0) is 22.0. The molecule has 32 heavy (non-hydrogen) atoms. The molecule has 2 aromatic heterocycles. The Morgan fingerprint density at radius 3 is 2.88 bits per heavy atom. The van der Waals surface area contributed by atoms with Crippen LogP contribution in [0.3, 0.4) is 0 Å². The number of anilines is 2. The SMILES string of the molecule is CNc1cc(F)cc2c1Cc1nc(Oc3ccc(C)nc3)nc(N3CC4CC3C4CN)c1-2. The van der Waals surface area contributed by atoms with Gasteiger partial charge in [-0.15, -0.1) is 0 Å². The number of nitrogens with zero attached hydrogens (tertiary/aromatic N) is 4. The molecule has 2 bridgehead atoms. The maximum Gasteiger partial charge on any atom is 0.324 e. The van der Waals surface area contributed by atoms with E-state index in [0.717, 1.165) is 52.5 Å². The number of ether oxygens (including phenoxy) is 1. The van der Waals surface area contributed by atoms with E-state index in [1.807, 2.05) is 26.1 Å². The predicted octanol–water partition coefficient (Wildman–Crippen LogP) is 3.51. The lowest BCUT2D eigenvalue weighted by atomic mass is 9.74. The number of benzene rings is 1. The molecule has 3 unspecified atom stereocenters. The average molecular weight is 433 g/mol. The van der Waals surface area contributed by atoms with Crippen LogP contribution < -0.4 is 20.7 Å². The van der Waals surface area contributed by atoms with Crippen molar-refractivity contribution in [3.63, 3.8) is 0 Å². The first-order valence-corrected chi connectivity index (χ1v) is 11.0. The minimum absolute atomic E-state index is 0.275. The van der Waals surface area contributed by atoms with Crippen molar-refractivity contribution in [1.29, 1.82) is 0 Å². The molecule has 2 aliphatic heterocycles. The van der Waals surface area contributed by atoms with Gasteiger partial charge in [0, 0.05) is 43.0 Å². The lowest BCUT2D eigenvalue weighted by molar-refractivity contribution is 0.231. The molecule has 0 spiro atoms. The number of fused-ring (bicyclic) bond motifs is 4. The molecule has 3 fully saturated rings. The van der Waals surface area contributed by atoms with E-state index in [0.29, 0.717) is 36.6 Å². The van der Waals surface area contributed by atoms with Crippen molar-refractivity contribution in [1.82, 2.24) is 15.0 Å². The molecule has 4 aliphatic rings. The third kappa shape index (κ3) is 2.86. The number of rotatable bonds is 5. The smallest absolute Gasteiger partial charge is 0.324 e. The summed E-state index contributed by atoms with van der Waals surface area (Å²) in [7, 11) is 1.81. The number of nitrogens with one attached hydrogen (secondary N) is 1. The minimum atomic E-state index is -0.275. The average Bonchev–Trinajstić information content (AvgIpc) is 3.46. The zero-order valence-electron chi connectivity index (χ0n) is 18.1. The number of aryl methyl sites for hydroxylation is 1. The molecular weight excluding hydrogens is 407 g/mol. The van der Waals surface area contributed by atoms with Gasteiger partial charge in [0.15, 0.2) is 0 Å². The largest absolute Gasteiger partial charge is 0.423 e. The summed E-state index contributed by atoms with van der Waals surface area (Å²) in [6.45, 7) is 3.51. The molecule has 8 heteroatoms. The number of hydrogen-bond donors (Lipinski definition) is 2. The van der Waals surface area contributed by atoms with Crippen molar-refractivity contribution in [2.75, 3.05) is 30.4 Å². The van der Waals surface area contributed by atoms with Crippen molar-refractivity contribution < 1.29 is 9.13 Å². The molecule has 3 aromatic rings. The van der Waals surface area contributed by atoms with E-state index in [9.17, 15) is 4.39 Å². The highest BCUT2D eigenvalue weighted by molar-refractivity contribution is 5.88. The Bertz CT molecular complexity index is 1210. The minimum Gasteiger partial charge on any atom is -0.423 e. The summed E-state index contributed by atoms with van der Waals surface area (Å²) in [6.07, 6.45) is 3.39. The summed E-state index contributed by atoms with van der Waals surface area (Å²) in [5.41, 5.74) is 11.4. The van der Waals surface area contributed by atoms with Crippen molar-refractivity contribution in [3.05, 3.63) is 53.2 Å². The van der Waals surface area contributed by atoms with Gasteiger partial charge in [-0.25, -0.2) is 4.39 Å². The molecule has 2 saturated heterocycles. The van der Waals surface area contributed by atoms with E-state index in [2.05, 4.69) is 15.2 Å². The number of nitrogens with two attached hydrogens (primary N) is 1. The third-order valence-electron chi connectivity index (χ3n) is 7.16. The normalized spacial score (nSPS) is 22.4. The van der Waals surface area contributed by atoms with Gasteiger partial charge in [-0.2, -0.15) is 9.97 Å². The van der Waals surface area contributed by atoms with Gasteiger partial charge in [-0.3, -0.25) is 4.98 Å². The highest BCUT2D eigenvalue weighted by Gasteiger charge is 2.52. The molecule has 164 valence electrons. The van der Waals surface area contributed by atoms with Crippen molar-refractivity contribution in [2.24, 2.45) is 17.6 Å². The summed E-state index contributed by atoms with van der Waals surface area (Å²) in [6, 6.07) is 7.53. The van der Waals surface area contributed by atoms with Gasteiger partial charge >= 0.3 is 6.01 Å². The summed E-state index contributed by atoms with van der Waals surface area (Å²) in [5.74, 6) is 2.20. The topological polar surface area (TPSA) is 89.2 Å². The van der Waals surface area contributed by atoms with E-state index in [1.54, 1.807) is 12.3 Å². The van der Waals surface area contributed by atoms with Crippen LogP contribution in [0.5, 0.6) is 11.8 Å². The molecule has 0 radical (unpaired) electrons. The van der Waals surface area contributed by atoms with E-state index in [1.165, 1.54) is 6.07 Å². The Balaban J connectivity index is 1.48. The molecule has 7 rings (SSSR count). The van der Waals surface area contributed by atoms with Gasteiger partial charge in [-0.1, -0.05) is 0 Å². The maximum absolute atomic E-state index is 14.5.